The lowest BCUT2D eigenvalue weighted by atomic mass is 9.94. The Kier molecular flexibility index (Phi) is 9.34. The monoisotopic (exact) mass is 492 g/mol. The molecule has 0 aromatic carbocycles. The van der Waals surface area contributed by atoms with E-state index >= 15 is 0 Å². The molecule has 0 amide bonds. The highest BCUT2D eigenvalue weighted by Gasteiger charge is 2.33. The number of methoxy groups -OCH3 is 1. The minimum absolute atomic E-state index is 0. The quantitative estimate of drug-likeness (QED) is 0.346. The van der Waals surface area contributed by atoms with Crippen molar-refractivity contribution in [1.29, 1.82) is 0 Å². The third kappa shape index (κ3) is 6.07. The van der Waals surface area contributed by atoms with E-state index in [2.05, 4.69) is 26.6 Å². The summed E-state index contributed by atoms with van der Waals surface area (Å²) in [5, 5.41) is 6.90. The van der Waals surface area contributed by atoms with Gasteiger partial charge < -0.3 is 24.5 Å². The van der Waals surface area contributed by atoms with Crippen LogP contribution in [0.3, 0.4) is 0 Å². The van der Waals surface area contributed by atoms with Gasteiger partial charge in [-0.1, -0.05) is 0 Å². The fourth-order valence-corrected chi connectivity index (χ4v) is 3.80. The first-order valence-electron chi connectivity index (χ1n) is 9.61. The zero-order valence-electron chi connectivity index (χ0n) is 16.4. The van der Waals surface area contributed by atoms with Crippen LogP contribution in [-0.2, 0) is 9.47 Å². The Morgan fingerprint density at radius 3 is 2.63 bits per heavy atom. The molecule has 3 heterocycles. The average molecular weight is 492 g/mol. The van der Waals surface area contributed by atoms with Gasteiger partial charge in [0, 0.05) is 53.3 Å². The largest absolute Gasteiger partial charge is 0.468 e. The molecule has 154 valence electrons. The lowest BCUT2D eigenvalue weighted by Gasteiger charge is -2.36. The molecular weight excluding hydrogens is 459 g/mol. The van der Waals surface area contributed by atoms with Crippen LogP contribution in [0.25, 0.3) is 0 Å². The summed E-state index contributed by atoms with van der Waals surface area (Å²) in [5.41, 5.74) is -0.175. The van der Waals surface area contributed by atoms with E-state index in [9.17, 15) is 0 Å². The second-order valence-corrected chi connectivity index (χ2v) is 7.08. The SMILES string of the molecule is CN=C(NCC(c1ccco1)N1CCCC1)NCC1(OC)CCOCC1.I. The molecule has 2 aliphatic rings. The maximum absolute atomic E-state index is 5.79. The van der Waals surface area contributed by atoms with Gasteiger partial charge in [-0.3, -0.25) is 9.89 Å². The van der Waals surface area contributed by atoms with E-state index in [-0.39, 0.29) is 35.6 Å². The molecule has 27 heavy (non-hydrogen) atoms. The summed E-state index contributed by atoms with van der Waals surface area (Å²) in [6.07, 6.45) is 6.05. The van der Waals surface area contributed by atoms with Gasteiger partial charge in [0.25, 0.3) is 0 Å². The summed E-state index contributed by atoms with van der Waals surface area (Å²) >= 11 is 0. The number of hydrogen-bond donors (Lipinski definition) is 2. The summed E-state index contributed by atoms with van der Waals surface area (Å²) in [6, 6.07) is 4.24. The maximum Gasteiger partial charge on any atom is 0.191 e. The van der Waals surface area contributed by atoms with E-state index in [1.54, 1.807) is 20.4 Å². The number of furan rings is 1. The summed E-state index contributed by atoms with van der Waals surface area (Å²) < 4.78 is 16.9. The first-order valence-corrected chi connectivity index (χ1v) is 9.61. The smallest absolute Gasteiger partial charge is 0.191 e. The zero-order valence-corrected chi connectivity index (χ0v) is 18.7. The highest BCUT2D eigenvalue weighted by Crippen LogP contribution is 2.25. The number of nitrogens with zero attached hydrogens (tertiary/aromatic N) is 2. The van der Waals surface area contributed by atoms with Crippen molar-refractivity contribution in [3.8, 4) is 0 Å². The van der Waals surface area contributed by atoms with Gasteiger partial charge in [0.1, 0.15) is 5.76 Å². The summed E-state index contributed by atoms with van der Waals surface area (Å²) in [4.78, 5) is 6.86. The Hall–Kier alpha value is -0.840. The number of guanidine groups is 1. The minimum atomic E-state index is -0.175. The molecule has 2 N–H and O–H groups in total. The molecule has 3 rings (SSSR count). The van der Waals surface area contributed by atoms with Gasteiger partial charge in [0.2, 0.25) is 0 Å². The Morgan fingerprint density at radius 1 is 1.30 bits per heavy atom. The van der Waals surface area contributed by atoms with Gasteiger partial charge in [0.05, 0.1) is 17.9 Å². The number of nitrogens with one attached hydrogen (secondary N) is 2. The van der Waals surface area contributed by atoms with Crippen molar-refractivity contribution >= 4 is 29.9 Å². The van der Waals surface area contributed by atoms with Crippen molar-refractivity contribution in [2.75, 3.05) is 53.6 Å². The number of likely N-dealkylation sites (tertiary alicyclic amines) is 1. The Labute approximate surface area is 179 Å². The fourth-order valence-electron chi connectivity index (χ4n) is 3.80. The van der Waals surface area contributed by atoms with E-state index < -0.39 is 0 Å². The van der Waals surface area contributed by atoms with Crippen molar-refractivity contribution < 1.29 is 13.9 Å². The topological polar surface area (TPSA) is 71.3 Å². The van der Waals surface area contributed by atoms with E-state index in [0.29, 0.717) is 0 Å². The normalized spacial score (nSPS) is 21.5. The predicted molar refractivity (Wildman–Crippen MR) is 117 cm³/mol. The van der Waals surface area contributed by atoms with Crippen LogP contribution in [0.2, 0.25) is 0 Å². The van der Waals surface area contributed by atoms with Gasteiger partial charge in [-0.25, -0.2) is 0 Å². The van der Waals surface area contributed by atoms with Crippen LogP contribution in [0, 0.1) is 0 Å². The molecule has 1 aromatic heterocycles. The average Bonchev–Trinajstić information content (AvgIpc) is 3.40. The lowest BCUT2D eigenvalue weighted by molar-refractivity contribution is -0.0855. The summed E-state index contributed by atoms with van der Waals surface area (Å²) in [6.45, 7) is 5.21. The number of hydrogen-bond acceptors (Lipinski definition) is 5. The van der Waals surface area contributed by atoms with Crippen LogP contribution >= 0.6 is 24.0 Å². The number of aliphatic imine (C=N–C) groups is 1. The standard InChI is InChI=1S/C19H32N4O3.HI/c1-20-18(22-15-19(24-2)7-12-25-13-8-19)21-14-16(17-6-5-11-26-17)23-9-3-4-10-23;/h5-6,11,16H,3-4,7-10,12-15H2,1-2H3,(H2,20,21,22);1H. The highest BCUT2D eigenvalue weighted by atomic mass is 127. The Balaban J connectivity index is 0.00000261. The maximum atomic E-state index is 5.79. The van der Waals surface area contributed by atoms with Crippen LogP contribution < -0.4 is 10.6 Å². The number of rotatable bonds is 7. The van der Waals surface area contributed by atoms with Gasteiger partial charge in [-0.2, -0.15) is 0 Å². The molecule has 0 aliphatic carbocycles. The number of halogens is 1. The number of ether oxygens (including phenoxy) is 2. The molecule has 1 aromatic rings. The second-order valence-electron chi connectivity index (χ2n) is 7.08. The molecule has 0 saturated carbocycles. The van der Waals surface area contributed by atoms with Gasteiger partial charge in [-0.15, -0.1) is 24.0 Å². The second kappa shape index (κ2) is 11.2. The van der Waals surface area contributed by atoms with Crippen LogP contribution in [0.15, 0.2) is 27.8 Å². The van der Waals surface area contributed by atoms with Crippen LogP contribution in [0.5, 0.6) is 0 Å². The van der Waals surface area contributed by atoms with Crippen molar-refractivity contribution in [1.82, 2.24) is 15.5 Å². The van der Waals surface area contributed by atoms with Crippen LogP contribution in [-0.4, -0.2) is 70.0 Å². The molecule has 2 saturated heterocycles. The molecule has 7 nitrogen and oxygen atoms in total. The van der Waals surface area contributed by atoms with Gasteiger partial charge in [0.15, 0.2) is 5.96 Å². The minimum Gasteiger partial charge on any atom is -0.468 e. The van der Waals surface area contributed by atoms with Crippen molar-refractivity contribution in [2.24, 2.45) is 4.99 Å². The Morgan fingerprint density at radius 2 is 2.04 bits per heavy atom. The lowest BCUT2D eigenvalue weighted by Crippen LogP contribution is -2.51. The third-order valence-electron chi connectivity index (χ3n) is 5.55. The van der Waals surface area contributed by atoms with Crippen molar-refractivity contribution in [2.45, 2.75) is 37.3 Å². The first kappa shape index (κ1) is 22.4. The fraction of sp³-hybridized carbons (Fsp3) is 0.737. The van der Waals surface area contributed by atoms with Gasteiger partial charge >= 0.3 is 0 Å². The van der Waals surface area contributed by atoms with E-state index in [1.807, 2.05) is 6.07 Å². The summed E-state index contributed by atoms with van der Waals surface area (Å²) in [5.74, 6) is 1.80. The Bertz CT molecular complexity index is 555. The zero-order chi connectivity index (χ0) is 18.2. The molecule has 2 aliphatic heterocycles. The third-order valence-corrected chi connectivity index (χ3v) is 5.55. The molecule has 8 heteroatoms. The molecular formula is C19H33IN4O3. The van der Waals surface area contributed by atoms with Crippen LogP contribution in [0.1, 0.15) is 37.5 Å². The molecule has 0 spiro atoms. The van der Waals surface area contributed by atoms with E-state index in [4.69, 9.17) is 13.9 Å². The van der Waals surface area contributed by atoms with E-state index in [1.165, 1.54) is 12.8 Å². The molecule has 1 atom stereocenters. The summed E-state index contributed by atoms with van der Waals surface area (Å²) in [7, 11) is 3.58. The van der Waals surface area contributed by atoms with Crippen LogP contribution in [0.4, 0.5) is 0 Å². The molecule has 0 radical (unpaired) electrons. The first-order chi connectivity index (χ1) is 12.8. The van der Waals surface area contributed by atoms with Crippen molar-refractivity contribution in [3.63, 3.8) is 0 Å². The van der Waals surface area contributed by atoms with Crippen molar-refractivity contribution in [3.05, 3.63) is 24.2 Å². The van der Waals surface area contributed by atoms with Gasteiger partial charge in [-0.05, 0) is 38.1 Å². The molecule has 1 unspecified atom stereocenters. The molecule has 2 fully saturated rings. The molecule has 0 bridgehead atoms. The predicted octanol–water partition coefficient (Wildman–Crippen LogP) is 2.40. The van der Waals surface area contributed by atoms with E-state index in [0.717, 1.165) is 64.0 Å². The highest BCUT2D eigenvalue weighted by molar-refractivity contribution is 14.0.